The molecule has 26 heavy (non-hydrogen) atoms. The van der Waals surface area contributed by atoms with E-state index in [0.29, 0.717) is 9.90 Å². The number of likely N-dealkylation sites (tertiary alicyclic amines) is 1. The minimum atomic E-state index is -3.25. The Morgan fingerprint density at radius 2 is 1.88 bits per heavy atom. The van der Waals surface area contributed by atoms with Crippen LogP contribution in [0.15, 0.2) is 4.21 Å². The normalized spacial score (nSPS) is 24.0. The Labute approximate surface area is 160 Å². The fourth-order valence-electron chi connectivity index (χ4n) is 4.14. The maximum atomic E-state index is 12.0. The number of ether oxygens (including phenoxy) is 1. The van der Waals surface area contributed by atoms with Crippen molar-refractivity contribution in [1.29, 1.82) is 0 Å². The molecule has 0 aliphatic carbocycles. The monoisotopic (exact) mass is 402 g/mol. The quantitative estimate of drug-likeness (QED) is 0.713. The summed E-state index contributed by atoms with van der Waals surface area (Å²) in [7, 11) is -3.25. The molecule has 1 aromatic heterocycles. The van der Waals surface area contributed by atoms with E-state index in [2.05, 4.69) is 33.2 Å². The van der Waals surface area contributed by atoms with Crippen LogP contribution in [0.5, 0.6) is 0 Å². The number of rotatable bonds is 6. The fraction of sp³-hybridized carbons (Fsp3) is 0.882. The molecule has 0 amide bonds. The van der Waals surface area contributed by atoms with Gasteiger partial charge in [-0.1, -0.05) is 18.3 Å². The standard InChI is InChI=1S/C17H30N4O3S2/c1-17(2,12-20-7-9-24-10-8-20)13-21-6-4-5-14(11-21)15-16(25-19-18-15)26(3,22)23/h14H,4-13H2,1-3H3. The van der Waals surface area contributed by atoms with Crippen molar-refractivity contribution in [3.63, 3.8) is 0 Å². The number of sulfone groups is 1. The zero-order valence-corrected chi connectivity index (χ0v) is 17.6. The third-order valence-electron chi connectivity index (χ3n) is 5.12. The van der Waals surface area contributed by atoms with Gasteiger partial charge >= 0.3 is 0 Å². The van der Waals surface area contributed by atoms with Crippen molar-refractivity contribution in [1.82, 2.24) is 19.4 Å². The molecular weight excluding hydrogens is 372 g/mol. The van der Waals surface area contributed by atoms with Crippen molar-refractivity contribution in [3.05, 3.63) is 5.69 Å². The van der Waals surface area contributed by atoms with E-state index < -0.39 is 9.84 Å². The Bertz CT molecular complexity index is 699. The fourth-order valence-corrected chi connectivity index (χ4v) is 5.87. The third-order valence-corrected chi connectivity index (χ3v) is 7.67. The molecule has 2 fully saturated rings. The summed E-state index contributed by atoms with van der Waals surface area (Å²) in [5.74, 6) is 0.159. The lowest BCUT2D eigenvalue weighted by Gasteiger charge is -2.40. The van der Waals surface area contributed by atoms with Gasteiger partial charge in [0.2, 0.25) is 0 Å². The summed E-state index contributed by atoms with van der Waals surface area (Å²) in [6, 6.07) is 0. The smallest absolute Gasteiger partial charge is 0.188 e. The Morgan fingerprint density at radius 1 is 1.19 bits per heavy atom. The summed E-state index contributed by atoms with van der Waals surface area (Å²) in [6.07, 6.45) is 3.30. The predicted molar refractivity (Wildman–Crippen MR) is 102 cm³/mol. The van der Waals surface area contributed by atoms with Gasteiger partial charge in [-0.25, -0.2) is 8.42 Å². The highest BCUT2D eigenvalue weighted by Gasteiger charge is 2.32. The first-order valence-electron chi connectivity index (χ1n) is 9.29. The van der Waals surface area contributed by atoms with Crippen LogP contribution in [0.2, 0.25) is 0 Å². The average molecular weight is 403 g/mol. The zero-order chi connectivity index (χ0) is 18.8. The summed E-state index contributed by atoms with van der Waals surface area (Å²) in [5.41, 5.74) is 0.854. The maximum Gasteiger partial charge on any atom is 0.188 e. The van der Waals surface area contributed by atoms with Gasteiger partial charge in [0.1, 0.15) is 0 Å². The summed E-state index contributed by atoms with van der Waals surface area (Å²) < 4.78 is 33.7. The van der Waals surface area contributed by atoms with Crippen molar-refractivity contribution < 1.29 is 13.2 Å². The van der Waals surface area contributed by atoms with Crippen LogP contribution in [0.3, 0.4) is 0 Å². The van der Waals surface area contributed by atoms with E-state index in [1.807, 2.05) is 0 Å². The first-order valence-corrected chi connectivity index (χ1v) is 12.0. The third kappa shape index (κ3) is 5.22. The molecule has 0 spiro atoms. The van der Waals surface area contributed by atoms with Gasteiger partial charge in [-0.05, 0) is 24.8 Å². The molecule has 2 aliphatic rings. The average Bonchev–Trinajstić information content (AvgIpc) is 3.05. The molecule has 0 saturated carbocycles. The molecule has 7 nitrogen and oxygen atoms in total. The first kappa shape index (κ1) is 20.1. The number of hydrogen-bond donors (Lipinski definition) is 0. The van der Waals surface area contributed by atoms with E-state index in [9.17, 15) is 8.42 Å². The van der Waals surface area contributed by atoms with Crippen molar-refractivity contribution in [2.75, 3.05) is 58.7 Å². The van der Waals surface area contributed by atoms with Crippen LogP contribution in [0, 0.1) is 5.41 Å². The Hall–Kier alpha value is -0.610. The number of hydrogen-bond acceptors (Lipinski definition) is 8. The van der Waals surface area contributed by atoms with Crippen molar-refractivity contribution in [3.8, 4) is 0 Å². The van der Waals surface area contributed by atoms with Gasteiger partial charge in [-0.2, -0.15) is 0 Å². The highest BCUT2D eigenvalue weighted by molar-refractivity contribution is 7.92. The van der Waals surface area contributed by atoms with Gasteiger partial charge in [0.05, 0.1) is 18.9 Å². The van der Waals surface area contributed by atoms with Gasteiger partial charge in [0, 0.05) is 56.4 Å². The largest absolute Gasteiger partial charge is 0.379 e. The topological polar surface area (TPSA) is 75.6 Å². The number of morpholine rings is 1. The Morgan fingerprint density at radius 3 is 2.58 bits per heavy atom. The zero-order valence-electron chi connectivity index (χ0n) is 16.0. The van der Waals surface area contributed by atoms with Gasteiger partial charge in [-0.15, -0.1) is 5.10 Å². The lowest BCUT2D eigenvalue weighted by atomic mass is 9.88. The number of aromatic nitrogens is 2. The minimum Gasteiger partial charge on any atom is -0.379 e. The lowest BCUT2D eigenvalue weighted by Crippen LogP contribution is -2.47. The Kier molecular flexibility index (Phi) is 6.33. The van der Waals surface area contributed by atoms with Gasteiger partial charge in [0.15, 0.2) is 14.0 Å². The molecule has 9 heteroatoms. The highest BCUT2D eigenvalue weighted by Crippen LogP contribution is 2.33. The van der Waals surface area contributed by atoms with Crippen LogP contribution in [-0.4, -0.2) is 86.5 Å². The van der Waals surface area contributed by atoms with E-state index in [1.165, 1.54) is 6.26 Å². The molecule has 1 atom stereocenters. The van der Waals surface area contributed by atoms with E-state index in [0.717, 1.165) is 76.9 Å². The van der Waals surface area contributed by atoms with E-state index in [-0.39, 0.29) is 11.3 Å². The molecular formula is C17H30N4O3S2. The van der Waals surface area contributed by atoms with Crippen LogP contribution in [0.1, 0.15) is 38.3 Å². The van der Waals surface area contributed by atoms with Crippen molar-refractivity contribution in [2.24, 2.45) is 5.41 Å². The highest BCUT2D eigenvalue weighted by atomic mass is 32.2. The minimum absolute atomic E-state index is 0.159. The molecule has 3 rings (SSSR count). The summed E-state index contributed by atoms with van der Waals surface area (Å²) in [6.45, 7) is 12.3. The van der Waals surface area contributed by atoms with Crippen LogP contribution >= 0.6 is 11.5 Å². The van der Waals surface area contributed by atoms with Gasteiger partial charge in [-0.3, -0.25) is 4.90 Å². The van der Waals surface area contributed by atoms with Gasteiger partial charge in [0.25, 0.3) is 0 Å². The second-order valence-electron chi connectivity index (χ2n) is 8.34. The first-order chi connectivity index (χ1) is 12.2. The van der Waals surface area contributed by atoms with E-state index in [4.69, 9.17) is 4.74 Å². The van der Waals surface area contributed by atoms with Crippen molar-refractivity contribution in [2.45, 2.75) is 36.8 Å². The van der Waals surface area contributed by atoms with Crippen LogP contribution in [0.25, 0.3) is 0 Å². The SMILES string of the molecule is CC(C)(CN1CCOCC1)CN1CCCC(c2nnsc2S(C)(=O)=O)C1. The molecule has 0 bridgehead atoms. The molecule has 0 N–H and O–H groups in total. The molecule has 2 saturated heterocycles. The molecule has 148 valence electrons. The summed E-state index contributed by atoms with van der Waals surface area (Å²) in [5, 5.41) is 4.17. The molecule has 0 aromatic carbocycles. The Balaban J connectivity index is 1.62. The second-order valence-corrected chi connectivity index (χ2v) is 11.3. The summed E-state index contributed by atoms with van der Waals surface area (Å²) >= 11 is 1.00. The molecule has 1 unspecified atom stereocenters. The molecule has 1 aromatic rings. The van der Waals surface area contributed by atoms with Gasteiger partial charge < -0.3 is 9.64 Å². The molecule has 2 aliphatic heterocycles. The van der Waals surface area contributed by atoms with E-state index >= 15 is 0 Å². The van der Waals surface area contributed by atoms with Crippen LogP contribution in [-0.2, 0) is 14.6 Å². The van der Waals surface area contributed by atoms with E-state index in [1.54, 1.807) is 0 Å². The molecule has 0 radical (unpaired) electrons. The van der Waals surface area contributed by atoms with Crippen LogP contribution < -0.4 is 0 Å². The van der Waals surface area contributed by atoms with Crippen LogP contribution in [0.4, 0.5) is 0 Å². The van der Waals surface area contributed by atoms with Crippen molar-refractivity contribution >= 4 is 21.4 Å². The lowest BCUT2D eigenvalue weighted by molar-refractivity contribution is 0.0132. The maximum absolute atomic E-state index is 12.0. The molecule has 3 heterocycles. The predicted octanol–water partition coefficient (Wildman–Crippen LogP) is 1.48. The number of piperidine rings is 1. The second kappa shape index (κ2) is 8.18. The summed E-state index contributed by atoms with van der Waals surface area (Å²) in [4.78, 5) is 4.96. The number of nitrogens with zero attached hydrogens (tertiary/aromatic N) is 4.